The Morgan fingerprint density at radius 2 is 1.81 bits per heavy atom. The molecule has 1 aliphatic heterocycles. The highest BCUT2D eigenvalue weighted by atomic mass is 15.2. The van der Waals surface area contributed by atoms with Crippen LogP contribution in [-0.4, -0.2) is 16.7 Å². The molecule has 0 bridgehead atoms. The van der Waals surface area contributed by atoms with Crippen LogP contribution in [0.2, 0.25) is 0 Å². The molecule has 0 atom stereocenters. The molecule has 0 saturated carbocycles. The number of hydrogen-bond donors (Lipinski definition) is 3. The highest BCUT2D eigenvalue weighted by Crippen LogP contribution is 2.34. The number of benzene rings is 2. The summed E-state index contributed by atoms with van der Waals surface area (Å²) in [4.78, 5) is 6.08. The minimum atomic E-state index is 0.257. The lowest BCUT2D eigenvalue weighted by atomic mass is 10.1. The van der Waals surface area contributed by atoms with E-state index in [9.17, 15) is 0 Å². The number of fused-ring (bicyclic) bond motifs is 2. The molecular weight excluding hydrogens is 334 g/mol. The molecule has 1 aliphatic rings. The second-order valence-corrected chi connectivity index (χ2v) is 6.52. The monoisotopic (exact) mass is 355 g/mol. The molecule has 2 aromatic carbocycles. The van der Waals surface area contributed by atoms with Crippen LogP contribution in [0, 0.1) is 10.8 Å². The van der Waals surface area contributed by atoms with Gasteiger partial charge in [-0.1, -0.05) is 49.7 Å². The van der Waals surface area contributed by atoms with Crippen LogP contribution in [0.3, 0.4) is 0 Å². The summed E-state index contributed by atoms with van der Waals surface area (Å²) < 4.78 is 0. The van der Waals surface area contributed by atoms with E-state index in [0.29, 0.717) is 11.5 Å². The molecule has 0 aliphatic carbocycles. The van der Waals surface area contributed by atoms with Crippen molar-refractivity contribution in [1.82, 2.24) is 4.98 Å². The maximum atomic E-state index is 8.83. The molecule has 3 N–H and O–H groups in total. The molecule has 3 aromatic rings. The summed E-state index contributed by atoms with van der Waals surface area (Å²) in [5, 5.41) is 20.9. The van der Waals surface area contributed by atoms with Gasteiger partial charge in [0, 0.05) is 17.3 Å². The first-order valence-corrected chi connectivity index (χ1v) is 9.07. The number of amidine groups is 2. The van der Waals surface area contributed by atoms with Crippen LogP contribution in [0.25, 0.3) is 0 Å². The van der Waals surface area contributed by atoms with Gasteiger partial charge in [-0.2, -0.15) is 0 Å². The van der Waals surface area contributed by atoms with Crippen molar-refractivity contribution in [1.29, 1.82) is 10.8 Å². The summed E-state index contributed by atoms with van der Waals surface area (Å²) in [6.45, 7) is 2.16. The van der Waals surface area contributed by atoms with Gasteiger partial charge in [0.2, 0.25) is 0 Å². The normalized spacial score (nSPS) is 12.6. The van der Waals surface area contributed by atoms with Crippen LogP contribution in [-0.2, 0) is 6.42 Å². The summed E-state index contributed by atoms with van der Waals surface area (Å²) in [5.41, 5.74) is 4.28. The largest absolute Gasteiger partial charge is 0.338 e. The average molecular weight is 355 g/mol. The number of aryl methyl sites for hydroxylation is 1. The van der Waals surface area contributed by atoms with Gasteiger partial charge in [0.25, 0.3) is 0 Å². The quantitative estimate of drug-likeness (QED) is 0.460. The van der Waals surface area contributed by atoms with Gasteiger partial charge in [0.05, 0.1) is 11.4 Å². The fraction of sp³-hybridized carbons (Fsp3) is 0.136. The van der Waals surface area contributed by atoms with Crippen molar-refractivity contribution in [3.63, 3.8) is 0 Å². The second kappa shape index (κ2) is 7.03. The molecule has 0 radical (unpaired) electrons. The van der Waals surface area contributed by atoms with Gasteiger partial charge in [-0.25, -0.2) is 4.98 Å². The van der Waals surface area contributed by atoms with E-state index in [1.807, 2.05) is 48.5 Å². The number of nitrogens with zero attached hydrogens (tertiary/aromatic N) is 2. The summed E-state index contributed by atoms with van der Waals surface area (Å²) in [5.74, 6) is 1.16. The van der Waals surface area contributed by atoms with Gasteiger partial charge in [0.1, 0.15) is 11.7 Å². The van der Waals surface area contributed by atoms with E-state index in [1.54, 1.807) is 11.1 Å². The van der Waals surface area contributed by atoms with Crippen LogP contribution in [0.15, 0.2) is 66.9 Å². The van der Waals surface area contributed by atoms with Gasteiger partial charge in [-0.3, -0.25) is 15.7 Å². The molecule has 0 amide bonds. The van der Waals surface area contributed by atoms with Crippen LogP contribution >= 0.6 is 0 Å². The van der Waals surface area contributed by atoms with Gasteiger partial charge in [0.15, 0.2) is 5.82 Å². The zero-order chi connectivity index (χ0) is 18.8. The maximum Gasteiger partial charge on any atom is 0.154 e. The summed E-state index contributed by atoms with van der Waals surface area (Å²) >= 11 is 0. The Balaban J connectivity index is 1.80. The first-order chi connectivity index (χ1) is 13.2. The Labute approximate surface area is 158 Å². The first kappa shape index (κ1) is 17.0. The molecule has 27 heavy (non-hydrogen) atoms. The van der Waals surface area contributed by atoms with E-state index in [-0.39, 0.29) is 11.7 Å². The maximum absolute atomic E-state index is 8.83. The standard InChI is InChI=1S/C22H21N5/c1-2-6-15-10-12-16(13-11-15)20(23)27-19-9-5-14-25-22(19)26-18-8-4-3-7-17(18)21(27)24/h3-5,7-14,23-24H,2,6H2,1H3,(H,25,26). The zero-order valence-electron chi connectivity index (χ0n) is 15.2. The van der Waals surface area contributed by atoms with E-state index < -0.39 is 0 Å². The molecule has 5 heteroatoms. The number of para-hydroxylation sites is 1. The minimum Gasteiger partial charge on any atom is -0.338 e. The van der Waals surface area contributed by atoms with Crippen molar-refractivity contribution in [2.75, 3.05) is 10.2 Å². The fourth-order valence-corrected chi connectivity index (χ4v) is 3.32. The van der Waals surface area contributed by atoms with E-state index >= 15 is 0 Å². The Morgan fingerprint density at radius 1 is 1.04 bits per heavy atom. The summed E-state index contributed by atoms with van der Waals surface area (Å²) in [7, 11) is 0. The number of hydrogen-bond acceptors (Lipinski definition) is 4. The molecule has 1 aromatic heterocycles. The van der Waals surface area contributed by atoms with Crippen molar-refractivity contribution in [2.45, 2.75) is 19.8 Å². The predicted molar refractivity (Wildman–Crippen MR) is 111 cm³/mol. The fourth-order valence-electron chi connectivity index (χ4n) is 3.32. The highest BCUT2D eigenvalue weighted by molar-refractivity contribution is 6.30. The summed E-state index contributed by atoms with van der Waals surface area (Å²) in [6.07, 6.45) is 3.83. The van der Waals surface area contributed by atoms with Gasteiger partial charge < -0.3 is 5.32 Å². The van der Waals surface area contributed by atoms with Crippen molar-refractivity contribution in [3.05, 3.63) is 83.6 Å². The second-order valence-electron chi connectivity index (χ2n) is 6.52. The Kier molecular flexibility index (Phi) is 4.42. The molecule has 0 spiro atoms. The Morgan fingerprint density at radius 3 is 2.59 bits per heavy atom. The van der Waals surface area contributed by atoms with Crippen LogP contribution in [0.5, 0.6) is 0 Å². The average Bonchev–Trinajstić information content (AvgIpc) is 2.82. The smallest absolute Gasteiger partial charge is 0.154 e. The van der Waals surface area contributed by atoms with Gasteiger partial charge in [-0.15, -0.1) is 0 Å². The zero-order valence-corrected chi connectivity index (χ0v) is 15.2. The molecule has 0 saturated heterocycles. The molecule has 2 heterocycles. The Bertz CT molecular complexity index is 1010. The number of nitrogens with one attached hydrogen (secondary N) is 3. The highest BCUT2D eigenvalue weighted by Gasteiger charge is 2.28. The number of anilines is 3. The predicted octanol–water partition coefficient (Wildman–Crippen LogP) is 4.95. The van der Waals surface area contributed by atoms with Crippen LogP contribution in [0.4, 0.5) is 17.2 Å². The molecular formula is C22H21N5. The lowest BCUT2D eigenvalue weighted by molar-refractivity contribution is 0.922. The Hall–Kier alpha value is -3.47. The van der Waals surface area contributed by atoms with E-state index in [2.05, 4.69) is 29.4 Å². The van der Waals surface area contributed by atoms with Crippen molar-refractivity contribution in [2.24, 2.45) is 0 Å². The van der Waals surface area contributed by atoms with E-state index in [1.165, 1.54) is 5.56 Å². The van der Waals surface area contributed by atoms with Crippen molar-refractivity contribution in [3.8, 4) is 0 Å². The van der Waals surface area contributed by atoms with E-state index in [0.717, 1.165) is 29.7 Å². The number of pyridine rings is 1. The molecule has 134 valence electrons. The molecule has 0 fully saturated rings. The third-order valence-corrected chi connectivity index (χ3v) is 4.68. The SMILES string of the molecule is CCCc1ccc(C(=N)N2C(=N)c3ccccc3Nc3ncccc32)cc1. The number of aromatic nitrogens is 1. The van der Waals surface area contributed by atoms with Crippen LogP contribution < -0.4 is 10.2 Å². The lowest BCUT2D eigenvalue weighted by Crippen LogP contribution is -2.36. The number of rotatable bonds is 3. The topological polar surface area (TPSA) is 75.9 Å². The van der Waals surface area contributed by atoms with Crippen molar-refractivity contribution < 1.29 is 0 Å². The van der Waals surface area contributed by atoms with Crippen molar-refractivity contribution >= 4 is 28.9 Å². The first-order valence-electron chi connectivity index (χ1n) is 9.07. The van der Waals surface area contributed by atoms with E-state index in [4.69, 9.17) is 10.8 Å². The molecule has 5 nitrogen and oxygen atoms in total. The van der Waals surface area contributed by atoms with Gasteiger partial charge in [-0.05, 0) is 36.2 Å². The van der Waals surface area contributed by atoms with Gasteiger partial charge >= 0.3 is 0 Å². The molecule has 4 rings (SSSR count). The third kappa shape index (κ3) is 3.08. The van der Waals surface area contributed by atoms with Crippen LogP contribution in [0.1, 0.15) is 30.0 Å². The molecule has 0 unspecified atom stereocenters. The third-order valence-electron chi connectivity index (χ3n) is 4.68. The summed E-state index contributed by atoms with van der Waals surface area (Å²) in [6, 6.07) is 19.4. The lowest BCUT2D eigenvalue weighted by Gasteiger charge is -2.25. The minimum absolute atomic E-state index is 0.257.